The molecule has 0 saturated carbocycles. The summed E-state index contributed by atoms with van der Waals surface area (Å²) in [6, 6.07) is 5.01. The van der Waals surface area contributed by atoms with Gasteiger partial charge in [0.2, 0.25) is 5.91 Å². The van der Waals surface area contributed by atoms with Gasteiger partial charge in [0.1, 0.15) is 11.3 Å². The number of halogens is 1. The maximum Gasteiger partial charge on any atom is 0.254 e. The summed E-state index contributed by atoms with van der Waals surface area (Å²) in [5.74, 6) is 0.558. The molecule has 6 nitrogen and oxygen atoms in total. The Morgan fingerprint density at radius 3 is 2.58 bits per heavy atom. The smallest absolute Gasteiger partial charge is 0.254 e. The highest BCUT2D eigenvalue weighted by Crippen LogP contribution is 2.31. The number of likely N-dealkylation sites (tertiary alicyclic amines) is 1. The lowest BCUT2D eigenvalue weighted by molar-refractivity contribution is -0.139. The Balaban J connectivity index is 1.73. The summed E-state index contributed by atoms with van der Waals surface area (Å²) in [5, 5.41) is 3.42. The molecular weight excluding hydrogens is 330 g/mol. The Morgan fingerprint density at radius 2 is 1.96 bits per heavy atom. The van der Waals surface area contributed by atoms with Crippen molar-refractivity contribution < 1.29 is 14.3 Å². The topological polar surface area (TPSA) is 61.9 Å². The predicted octanol–water partition coefficient (Wildman–Crippen LogP) is 1.38. The van der Waals surface area contributed by atoms with Gasteiger partial charge in [0.05, 0.1) is 7.11 Å². The molecule has 1 aromatic carbocycles. The van der Waals surface area contributed by atoms with E-state index >= 15 is 0 Å². The van der Waals surface area contributed by atoms with Crippen LogP contribution in [-0.2, 0) is 4.79 Å². The third kappa shape index (κ3) is 2.96. The van der Waals surface area contributed by atoms with Gasteiger partial charge >= 0.3 is 0 Å². The second kappa shape index (κ2) is 6.61. The van der Waals surface area contributed by atoms with Crippen LogP contribution in [0.3, 0.4) is 0 Å². The Hall–Kier alpha value is -1.79. The number of nitrogens with one attached hydrogen (secondary N) is 1. The van der Waals surface area contributed by atoms with Crippen molar-refractivity contribution in [3.05, 3.63) is 28.8 Å². The number of carbonyl (C=O) groups excluding carboxylic acids is 2. The summed E-state index contributed by atoms with van der Waals surface area (Å²) >= 11 is 6.06. The number of carbonyl (C=O) groups is 2. The highest BCUT2D eigenvalue weighted by Gasteiger charge is 2.47. The second-order valence-corrected chi connectivity index (χ2v) is 6.82. The first-order valence-electron chi connectivity index (χ1n) is 8.10. The molecule has 0 radical (unpaired) electrons. The maximum atomic E-state index is 12.8. The molecule has 0 aromatic heterocycles. The van der Waals surface area contributed by atoms with Gasteiger partial charge in [0.15, 0.2) is 0 Å². The van der Waals surface area contributed by atoms with Crippen molar-refractivity contribution in [3.63, 3.8) is 0 Å². The fraction of sp³-hybridized carbons (Fsp3) is 0.529. The molecule has 2 aliphatic heterocycles. The molecule has 7 heteroatoms. The molecule has 3 rings (SSSR count). The SMILES string of the molecule is COc1cc(Cl)cc(C(=O)N2CCC3(CC2)C(=O)NCCN3C)c1. The lowest BCUT2D eigenvalue weighted by Gasteiger charge is -2.48. The maximum absolute atomic E-state index is 12.8. The van der Waals surface area contributed by atoms with Crippen LogP contribution in [0.15, 0.2) is 18.2 Å². The predicted molar refractivity (Wildman–Crippen MR) is 91.5 cm³/mol. The van der Waals surface area contributed by atoms with Crippen LogP contribution < -0.4 is 10.1 Å². The Kier molecular flexibility index (Phi) is 4.69. The first-order valence-corrected chi connectivity index (χ1v) is 8.47. The molecule has 1 aromatic rings. The Morgan fingerprint density at radius 1 is 1.25 bits per heavy atom. The molecule has 2 amide bonds. The van der Waals surface area contributed by atoms with Crippen LogP contribution in [0, 0.1) is 0 Å². The molecule has 2 saturated heterocycles. The zero-order valence-corrected chi connectivity index (χ0v) is 14.7. The van der Waals surface area contributed by atoms with E-state index in [2.05, 4.69) is 10.2 Å². The molecule has 1 N–H and O–H groups in total. The number of benzene rings is 1. The second-order valence-electron chi connectivity index (χ2n) is 6.38. The number of piperidine rings is 1. The van der Waals surface area contributed by atoms with E-state index in [1.807, 2.05) is 7.05 Å². The molecule has 0 atom stereocenters. The van der Waals surface area contributed by atoms with Crippen LogP contribution in [0.2, 0.25) is 5.02 Å². The number of amides is 2. The number of methoxy groups -OCH3 is 1. The molecule has 0 aliphatic carbocycles. The van der Waals surface area contributed by atoms with Crippen molar-refractivity contribution in [1.29, 1.82) is 0 Å². The molecule has 130 valence electrons. The molecule has 2 aliphatic rings. The number of rotatable bonds is 2. The minimum atomic E-state index is -0.485. The van der Waals surface area contributed by atoms with Crippen molar-refractivity contribution in [1.82, 2.24) is 15.1 Å². The van der Waals surface area contributed by atoms with E-state index in [0.717, 1.165) is 6.54 Å². The zero-order valence-electron chi connectivity index (χ0n) is 14.0. The standard InChI is InChI=1S/C17H22ClN3O3/c1-20-8-5-19-16(23)17(20)3-6-21(7-4-17)15(22)12-9-13(18)11-14(10-12)24-2/h9-11H,3-8H2,1-2H3,(H,19,23). The van der Waals surface area contributed by atoms with Crippen LogP contribution in [0.5, 0.6) is 5.75 Å². The molecule has 0 bridgehead atoms. The van der Waals surface area contributed by atoms with E-state index in [1.165, 1.54) is 0 Å². The van der Waals surface area contributed by atoms with E-state index < -0.39 is 5.54 Å². The monoisotopic (exact) mass is 351 g/mol. The van der Waals surface area contributed by atoms with Gasteiger partial charge in [-0.2, -0.15) is 0 Å². The number of hydrogen-bond donors (Lipinski definition) is 1. The van der Waals surface area contributed by atoms with Gasteiger partial charge < -0.3 is 15.0 Å². The number of ether oxygens (including phenoxy) is 1. The average molecular weight is 352 g/mol. The Bertz CT molecular complexity index is 656. The van der Waals surface area contributed by atoms with Gasteiger partial charge in [-0.3, -0.25) is 14.5 Å². The van der Waals surface area contributed by atoms with Gasteiger partial charge in [-0.05, 0) is 38.1 Å². The quantitative estimate of drug-likeness (QED) is 0.874. The van der Waals surface area contributed by atoms with Crippen molar-refractivity contribution in [2.45, 2.75) is 18.4 Å². The third-order valence-electron chi connectivity index (χ3n) is 5.12. The summed E-state index contributed by atoms with van der Waals surface area (Å²) in [7, 11) is 3.53. The van der Waals surface area contributed by atoms with Crippen molar-refractivity contribution in [3.8, 4) is 5.75 Å². The van der Waals surface area contributed by atoms with Gasteiger partial charge in [0.25, 0.3) is 5.91 Å². The van der Waals surface area contributed by atoms with Gasteiger partial charge in [-0.15, -0.1) is 0 Å². The van der Waals surface area contributed by atoms with Crippen LogP contribution in [0.1, 0.15) is 23.2 Å². The molecule has 2 fully saturated rings. The minimum Gasteiger partial charge on any atom is -0.497 e. The van der Waals surface area contributed by atoms with E-state index in [-0.39, 0.29) is 11.8 Å². The van der Waals surface area contributed by atoms with Gasteiger partial charge in [-0.1, -0.05) is 11.6 Å². The largest absolute Gasteiger partial charge is 0.497 e. The lowest BCUT2D eigenvalue weighted by Crippen LogP contribution is -2.67. The highest BCUT2D eigenvalue weighted by molar-refractivity contribution is 6.31. The fourth-order valence-electron chi connectivity index (χ4n) is 3.56. The summed E-state index contributed by atoms with van der Waals surface area (Å²) in [5.41, 5.74) is 0.0258. The molecule has 24 heavy (non-hydrogen) atoms. The highest BCUT2D eigenvalue weighted by atomic mass is 35.5. The van der Waals surface area contributed by atoms with E-state index in [0.29, 0.717) is 48.8 Å². The lowest BCUT2D eigenvalue weighted by atomic mass is 9.83. The van der Waals surface area contributed by atoms with Crippen LogP contribution in [-0.4, -0.2) is 67.5 Å². The summed E-state index contributed by atoms with van der Waals surface area (Å²) in [4.78, 5) is 29.0. The molecular formula is C17H22ClN3O3. The van der Waals surface area contributed by atoms with E-state index in [1.54, 1.807) is 30.2 Å². The Labute approximate surface area is 146 Å². The number of likely N-dealkylation sites (N-methyl/N-ethyl adjacent to an activating group) is 1. The molecule has 2 heterocycles. The minimum absolute atomic E-state index is 0.0766. The number of piperazine rings is 1. The van der Waals surface area contributed by atoms with Gasteiger partial charge in [0, 0.05) is 36.8 Å². The summed E-state index contributed by atoms with van der Waals surface area (Å²) < 4.78 is 5.18. The number of hydrogen-bond acceptors (Lipinski definition) is 4. The van der Waals surface area contributed by atoms with Crippen LogP contribution in [0.25, 0.3) is 0 Å². The van der Waals surface area contributed by atoms with E-state index in [9.17, 15) is 9.59 Å². The third-order valence-corrected chi connectivity index (χ3v) is 5.34. The fourth-order valence-corrected chi connectivity index (χ4v) is 3.79. The van der Waals surface area contributed by atoms with Crippen molar-refractivity contribution in [2.75, 3.05) is 40.3 Å². The van der Waals surface area contributed by atoms with Crippen LogP contribution in [0.4, 0.5) is 0 Å². The first-order chi connectivity index (χ1) is 11.5. The first kappa shape index (κ1) is 17.0. The zero-order chi connectivity index (χ0) is 17.3. The summed E-state index contributed by atoms with van der Waals surface area (Å²) in [6.07, 6.45) is 1.28. The molecule has 0 unspecified atom stereocenters. The van der Waals surface area contributed by atoms with Crippen LogP contribution >= 0.6 is 11.6 Å². The van der Waals surface area contributed by atoms with Gasteiger partial charge in [-0.25, -0.2) is 0 Å². The normalized spacial score (nSPS) is 20.8. The van der Waals surface area contributed by atoms with Crippen molar-refractivity contribution in [2.24, 2.45) is 0 Å². The molecule has 1 spiro atoms. The number of nitrogens with zero attached hydrogens (tertiary/aromatic N) is 2. The summed E-state index contributed by atoms with van der Waals surface area (Å²) in [6.45, 7) is 2.62. The average Bonchev–Trinajstić information content (AvgIpc) is 2.59. The van der Waals surface area contributed by atoms with Crippen molar-refractivity contribution >= 4 is 23.4 Å². The van der Waals surface area contributed by atoms with E-state index in [4.69, 9.17) is 16.3 Å².